The van der Waals surface area contributed by atoms with Crippen molar-refractivity contribution in [1.29, 1.82) is 0 Å². The molecule has 0 aromatic rings. The van der Waals surface area contributed by atoms with Crippen molar-refractivity contribution in [2.24, 2.45) is 5.73 Å². The largest absolute Gasteiger partial charge is 0.390 e. The van der Waals surface area contributed by atoms with Gasteiger partial charge in [0.05, 0.1) is 12.7 Å². The number of hydrogen-bond donors (Lipinski definition) is 3. The molecule has 2 heterocycles. The van der Waals surface area contributed by atoms with Crippen LogP contribution in [0.5, 0.6) is 0 Å². The van der Waals surface area contributed by atoms with Crippen LogP contribution in [-0.4, -0.2) is 47.5 Å². The summed E-state index contributed by atoms with van der Waals surface area (Å²) in [6, 6.07) is 0. The molecule has 4 unspecified atom stereocenters. The lowest BCUT2D eigenvalue weighted by Crippen LogP contribution is -2.58. The summed E-state index contributed by atoms with van der Waals surface area (Å²) in [7, 11) is 0. The number of rotatable bonds is 1. The average Bonchev–Trinajstić information content (AvgIpc) is 2.43. The summed E-state index contributed by atoms with van der Waals surface area (Å²) in [5.74, 6) is 0. The van der Waals surface area contributed by atoms with Crippen LogP contribution in [0.2, 0.25) is 0 Å². The molecular weight excluding hydrogens is 162 g/mol. The number of hydrogen-bond acceptors (Lipinski definition) is 5. The third kappa shape index (κ3) is 0.982. The summed E-state index contributed by atoms with van der Waals surface area (Å²) in [6.45, 7) is 0.439. The van der Waals surface area contributed by atoms with Gasteiger partial charge in [-0.1, -0.05) is 0 Å². The minimum atomic E-state index is -0.929. The van der Waals surface area contributed by atoms with Gasteiger partial charge >= 0.3 is 0 Å². The Kier molecular flexibility index (Phi) is 1.85. The van der Waals surface area contributed by atoms with Gasteiger partial charge in [0, 0.05) is 13.0 Å². The SMILES string of the molecule is NCC12COC(CC(O)C1O)O2. The predicted molar refractivity (Wildman–Crippen MR) is 39.2 cm³/mol. The molecule has 2 fully saturated rings. The van der Waals surface area contributed by atoms with Gasteiger partial charge in [-0.3, -0.25) is 0 Å². The Hall–Kier alpha value is -0.200. The maximum Gasteiger partial charge on any atom is 0.161 e. The highest BCUT2D eigenvalue weighted by Gasteiger charge is 2.53. The molecule has 0 radical (unpaired) electrons. The molecule has 2 rings (SSSR count). The fourth-order valence-corrected chi connectivity index (χ4v) is 1.74. The standard InChI is InChI=1S/C7H13NO4/c8-2-7-3-11-5(12-7)1-4(9)6(7)10/h4-6,9-10H,1-3,8H2. The molecule has 2 aliphatic rings. The first-order valence-electron chi connectivity index (χ1n) is 4.03. The quantitative estimate of drug-likeness (QED) is 0.437. The number of aliphatic hydroxyl groups is 2. The lowest BCUT2D eigenvalue weighted by molar-refractivity contribution is -0.205. The Balaban J connectivity index is 2.21. The lowest BCUT2D eigenvalue weighted by Gasteiger charge is -2.37. The van der Waals surface area contributed by atoms with Gasteiger partial charge in [0.15, 0.2) is 6.29 Å². The highest BCUT2D eigenvalue weighted by atomic mass is 16.7. The van der Waals surface area contributed by atoms with Crippen molar-refractivity contribution < 1.29 is 19.7 Å². The monoisotopic (exact) mass is 175 g/mol. The molecule has 4 N–H and O–H groups in total. The van der Waals surface area contributed by atoms with E-state index in [-0.39, 0.29) is 13.2 Å². The van der Waals surface area contributed by atoms with E-state index in [0.29, 0.717) is 6.42 Å². The second-order valence-corrected chi connectivity index (χ2v) is 3.38. The topological polar surface area (TPSA) is 84.9 Å². The summed E-state index contributed by atoms with van der Waals surface area (Å²) in [5.41, 5.74) is 4.58. The van der Waals surface area contributed by atoms with E-state index in [9.17, 15) is 10.2 Å². The van der Waals surface area contributed by atoms with Crippen molar-refractivity contribution in [3.05, 3.63) is 0 Å². The number of fused-ring (bicyclic) bond motifs is 2. The van der Waals surface area contributed by atoms with Gasteiger partial charge < -0.3 is 25.4 Å². The van der Waals surface area contributed by atoms with Gasteiger partial charge in [0.25, 0.3) is 0 Å². The summed E-state index contributed by atoms with van der Waals surface area (Å²) in [5, 5.41) is 19.0. The van der Waals surface area contributed by atoms with Gasteiger partial charge in [-0.25, -0.2) is 0 Å². The van der Waals surface area contributed by atoms with Crippen LogP contribution in [0.25, 0.3) is 0 Å². The molecule has 2 bridgehead atoms. The molecule has 0 spiro atoms. The predicted octanol–water partition coefficient (Wildman–Crippen LogP) is -1.82. The molecule has 5 nitrogen and oxygen atoms in total. The van der Waals surface area contributed by atoms with Crippen LogP contribution < -0.4 is 5.73 Å². The number of nitrogens with two attached hydrogens (primary N) is 1. The second kappa shape index (κ2) is 2.65. The number of aliphatic hydroxyl groups excluding tert-OH is 2. The highest BCUT2D eigenvalue weighted by molar-refractivity contribution is 5.00. The average molecular weight is 175 g/mol. The summed E-state index contributed by atoms with van der Waals surface area (Å²) < 4.78 is 10.5. The Morgan fingerprint density at radius 3 is 2.92 bits per heavy atom. The van der Waals surface area contributed by atoms with Gasteiger partial charge in [-0.05, 0) is 0 Å². The van der Waals surface area contributed by atoms with Crippen molar-refractivity contribution in [3.8, 4) is 0 Å². The Morgan fingerprint density at radius 1 is 1.50 bits per heavy atom. The van der Waals surface area contributed by atoms with Crippen LogP contribution in [0.4, 0.5) is 0 Å². The summed E-state index contributed by atoms with van der Waals surface area (Å²) in [4.78, 5) is 0. The van der Waals surface area contributed by atoms with Crippen molar-refractivity contribution in [1.82, 2.24) is 0 Å². The molecule has 0 aliphatic carbocycles. The van der Waals surface area contributed by atoms with Crippen LogP contribution in [0.1, 0.15) is 6.42 Å². The molecule has 0 aromatic heterocycles. The summed E-state index contributed by atoms with van der Waals surface area (Å²) in [6.07, 6.45) is -1.79. The Bertz CT molecular complexity index is 188. The lowest BCUT2D eigenvalue weighted by atomic mass is 9.90. The van der Waals surface area contributed by atoms with Crippen molar-refractivity contribution in [2.45, 2.75) is 30.5 Å². The maximum absolute atomic E-state index is 9.58. The molecule has 2 aliphatic heterocycles. The fraction of sp³-hybridized carbons (Fsp3) is 1.00. The molecule has 0 saturated carbocycles. The van der Waals surface area contributed by atoms with Gasteiger partial charge in [-0.15, -0.1) is 0 Å². The normalized spacial score (nSPS) is 52.8. The molecule has 0 amide bonds. The van der Waals surface area contributed by atoms with Crippen LogP contribution in [0.15, 0.2) is 0 Å². The van der Waals surface area contributed by atoms with Crippen LogP contribution in [0, 0.1) is 0 Å². The van der Waals surface area contributed by atoms with E-state index in [4.69, 9.17) is 15.2 Å². The smallest absolute Gasteiger partial charge is 0.161 e. The van der Waals surface area contributed by atoms with E-state index in [1.54, 1.807) is 0 Å². The van der Waals surface area contributed by atoms with E-state index < -0.39 is 24.1 Å². The molecule has 0 aromatic carbocycles. The molecule has 5 heteroatoms. The zero-order valence-corrected chi connectivity index (χ0v) is 6.64. The van der Waals surface area contributed by atoms with Crippen molar-refractivity contribution >= 4 is 0 Å². The molecule has 70 valence electrons. The van der Waals surface area contributed by atoms with Gasteiger partial charge in [0.2, 0.25) is 0 Å². The molecule has 12 heavy (non-hydrogen) atoms. The van der Waals surface area contributed by atoms with E-state index in [2.05, 4.69) is 0 Å². The highest BCUT2D eigenvalue weighted by Crippen LogP contribution is 2.35. The first-order chi connectivity index (χ1) is 5.68. The molecule has 4 atom stereocenters. The van der Waals surface area contributed by atoms with E-state index in [1.807, 2.05) is 0 Å². The van der Waals surface area contributed by atoms with Crippen LogP contribution in [-0.2, 0) is 9.47 Å². The first kappa shape index (κ1) is 8.40. The maximum atomic E-state index is 9.58. The Morgan fingerprint density at radius 2 is 2.25 bits per heavy atom. The Labute approximate surface area is 70.1 Å². The minimum Gasteiger partial charge on any atom is -0.390 e. The van der Waals surface area contributed by atoms with Gasteiger partial charge in [-0.2, -0.15) is 0 Å². The fourth-order valence-electron chi connectivity index (χ4n) is 1.74. The number of ether oxygens (including phenoxy) is 2. The minimum absolute atomic E-state index is 0.168. The van der Waals surface area contributed by atoms with Crippen molar-refractivity contribution in [3.63, 3.8) is 0 Å². The zero-order valence-electron chi connectivity index (χ0n) is 6.64. The molecular formula is C7H13NO4. The van der Waals surface area contributed by atoms with E-state index in [1.165, 1.54) is 0 Å². The van der Waals surface area contributed by atoms with Crippen molar-refractivity contribution in [2.75, 3.05) is 13.2 Å². The van der Waals surface area contributed by atoms with E-state index >= 15 is 0 Å². The van der Waals surface area contributed by atoms with Gasteiger partial charge in [0.1, 0.15) is 11.7 Å². The van der Waals surface area contributed by atoms with E-state index in [0.717, 1.165) is 0 Å². The second-order valence-electron chi connectivity index (χ2n) is 3.38. The molecule has 2 saturated heterocycles. The summed E-state index contributed by atoms with van der Waals surface area (Å²) >= 11 is 0. The van der Waals surface area contributed by atoms with Crippen LogP contribution >= 0.6 is 0 Å². The zero-order chi connectivity index (χ0) is 8.77. The first-order valence-corrected chi connectivity index (χ1v) is 4.03. The third-order valence-corrected chi connectivity index (χ3v) is 2.56. The third-order valence-electron chi connectivity index (χ3n) is 2.56. The van der Waals surface area contributed by atoms with Crippen LogP contribution in [0.3, 0.4) is 0 Å².